The molecule has 1 aromatic heterocycles. The molecule has 1 amide bonds. The van der Waals surface area contributed by atoms with Crippen LogP contribution in [0.15, 0.2) is 53.4 Å². The SMILES string of the molecule is Cc1sc(NC(=O)c2ccccc2S(C)(=O)=O)nc1-c1ccc(OC(F)F)cc1. The lowest BCUT2D eigenvalue weighted by Crippen LogP contribution is -2.15. The fourth-order valence-electron chi connectivity index (χ4n) is 2.65. The summed E-state index contributed by atoms with van der Waals surface area (Å²) in [6.45, 7) is -1.10. The number of thiazole rings is 1. The molecule has 0 aliphatic carbocycles. The van der Waals surface area contributed by atoms with Crippen LogP contribution in [0.3, 0.4) is 0 Å². The van der Waals surface area contributed by atoms with Crippen LogP contribution in [0.25, 0.3) is 11.3 Å². The molecule has 3 rings (SSSR count). The van der Waals surface area contributed by atoms with E-state index in [1.165, 1.54) is 35.6 Å². The van der Waals surface area contributed by atoms with Crippen molar-refractivity contribution in [3.8, 4) is 17.0 Å². The number of nitrogens with zero attached hydrogens (tertiary/aromatic N) is 1. The topological polar surface area (TPSA) is 85.4 Å². The predicted octanol–water partition coefficient (Wildman–Crippen LogP) is 4.38. The van der Waals surface area contributed by atoms with Crippen molar-refractivity contribution in [2.45, 2.75) is 18.4 Å². The van der Waals surface area contributed by atoms with Gasteiger partial charge in [-0.05, 0) is 43.3 Å². The van der Waals surface area contributed by atoms with E-state index in [2.05, 4.69) is 15.0 Å². The lowest BCUT2D eigenvalue weighted by molar-refractivity contribution is -0.0498. The third-order valence-electron chi connectivity index (χ3n) is 3.90. The van der Waals surface area contributed by atoms with Gasteiger partial charge >= 0.3 is 6.61 Å². The van der Waals surface area contributed by atoms with Crippen molar-refractivity contribution >= 4 is 32.2 Å². The summed E-state index contributed by atoms with van der Waals surface area (Å²) in [4.78, 5) is 17.7. The van der Waals surface area contributed by atoms with Crippen LogP contribution in [0.5, 0.6) is 5.75 Å². The molecule has 29 heavy (non-hydrogen) atoms. The number of hydrogen-bond donors (Lipinski definition) is 1. The Labute approximate surface area is 170 Å². The normalized spacial score (nSPS) is 11.5. The zero-order valence-corrected chi connectivity index (χ0v) is 17.0. The van der Waals surface area contributed by atoms with Gasteiger partial charge in [0.05, 0.1) is 16.2 Å². The van der Waals surface area contributed by atoms with Crippen molar-refractivity contribution in [2.24, 2.45) is 0 Å². The van der Waals surface area contributed by atoms with Gasteiger partial charge in [-0.2, -0.15) is 8.78 Å². The number of nitrogens with one attached hydrogen (secondary N) is 1. The fraction of sp³-hybridized carbons (Fsp3) is 0.158. The van der Waals surface area contributed by atoms with Crippen molar-refractivity contribution in [2.75, 3.05) is 11.6 Å². The Morgan fingerprint density at radius 3 is 2.41 bits per heavy atom. The lowest BCUT2D eigenvalue weighted by atomic mass is 10.1. The maximum Gasteiger partial charge on any atom is 0.387 e. The molecular formula is C19H16F2N2O4S2. The first-order valence-corrected chi connectivity index (χ1v) is 11.0. The number of halogens is 2. The third-order valence-corrected chi connectivity index (χ3v) is 5.94. The average Bonchev–Trinajstić information content (AvgIpc) is 3.01. The number of aromatic nitrogens is 1. The number of aryl methyl sites for hydroxylation is 1. The number of sulfone groups is 1. The van der Waals surface area contributed by atoms with Crippen LogP contribution in [0, 0.1) is 6.92 Å². The maximum atomic E-state index is 12.6. The summed E-state index contributed by atoms with van der Waals surface area (Å²) in [5.41, 5.74) is 1.26. The molecule has 0 spiro atoms. The molecule has 0 unspecified atom stereocenters. The smallest absolute Gasteiger partial charge is 0.387 e. The molecule has 0 saturated carbocycles. The van der Waals surface area contributed by atoms with E-state index >= 15 is 0 Å². The summed E-state index contributed by atoms with van der Waals surface area (Å²) >= 11 is 1.22. The highest BCUT2D eigenvalue weighted by atomic mass is 32.2. The van der Waals surface area contributed by atoms with Gasteiger partial charge in [-0.1, -0.05) is 12.1 Å². The molecule has 0 bridgehead atoms. The van der Waals surface area contributed by atoms with Gasteiger partial charge in [0, 0.05) is 16.7 Å². The molecule has 0 aliphatic heterocycles. The average molecular weight is 438 g/mol. The monoisotopic (exact) mass is 438 g/mol. The molecule has 1 heterocycles. The van der Waals surface area contributed by atoms with Gasteiger partial charge in [0.1, 0.15) is 5.75 Å². The molecule has 0 aliphatic rings. The second-order valence-corrected chi connectivity index (χ2v) is 9.24. The first-order valence-electron chi connectivity index (χ1n) is 8.28. The zero-order valence-electron chi connectivity index (χ0n) is 15.3. The lowest BCUT2D eigenvalue weighted by Gasteiger charge is -2.07. The molecule has 3 aromatic rings. The quantitative estimate of drug-likeness (QED) is 0.618. The molecular weight excluding hydrogens is 422 g/mol. The van der Waals surface area contributed by atoms with Crippen molar-refractivity contribution in [3.05, 3.63) is 59.0 Å². The van der Waals surface area contributed by atoms with E-state index in [9.17, 15) is 22.0 Å². The summed E-state index contributed by atoms with van der Waals surface area (Å²) in [5.74, 6) is -0.561. The number of ether oxygens (including phenoxy) is 1. The van der Waals surface area contributed by atoms with E-state index in [-0.39, 0.29) is 16.2 Å². The molecule has 6 nitrogen and oxygen atoms in total. The Bertz CT molecular complexity index is 1140. The van der Waals surface area contributed by atoms with Gasteiger partial charge in [-0.3, -0.25) is 10.1 Å². The van der Waals surface area contributed by atoms with Crippen LogP contribution in [0.2, 0.25) is 0 Å². The number of alkyl halides is 2. The number of anilines is 1. The number of amides is 1. The Morgan fingerprint density at radius 1 is 1.14 bits per heavy atom. The minimum Gasteiger partial charge on any atom is -0.435 e. The molecule has 152 valence electrons. The maximum absolute atomic E-state index is 12.6. The van der Waals surface area contributed by atoms with E-state index in [1.54, 1.807) is 31.2 Å². The van der Waals surface area contributed by atoms with Gasteiger partial charge in [-0.15, -0.1) is 11.3 Å². The fourth-order valence-corrected chi connectivity index (χ4v) is 4.37. The number of rotatable bonds is 6. The summed E-state index contributed by atoms with van der Waals surface area (Å²) < 4.78 is 52.6. The highest BCUT2D eigenvalue weighted by Gasteiger charge is 2.20. The van der Waals surface area contributed by atoms with Gasteiger partial charge in [0.25, 0.3) is 5.91 Å². The Hall–Kier alpha value is -2.85. The third kappa shape index (κ3) is 4.96. The number of benzene rings is 2. The first-order chi connectivity index (χ1) is 13.6. The number of carbonyl (C=O) groups excluding carboxylic acids is 1. The second-order valence-electron chi connectivity index (χ2n) is 6.05. The predicted molar refractivity (Wildman–Crippen MR) is 106 cm³/mol. The highest BCUT2D eigenvalue weighted by molar-refractivity contribution is 7.90. The number of hydrogen-bond acceptors (Lipinski definition) is 6. The van der Waals surface area contributed by atoms with Gasteiger partial charge in [0.2, 0.25) is 0 Å². The summed E-state index contributed by atoms with van der Waals surface area (Å²) in [7, 11) is -3.57. The van der Waals surface area contributed by atoms with Crippen LogP contribution in [-0.4, -0.2) is 32.2 Å². The minimum absolute atomic E-state index is 0.0258. The van der Waals surface area contributed by atoms with Crippen molar-refractivity contribution in [1.82, 2.24) is 4.98 Å². The second kappa shape index (κ2) is 8.26. The molecule has 10 heteroatoms. The van der Waals surface area contributed by atoms with Crippen LogP contribution in [-0.2, 0) is 9.84 Å². The first kappa shape index (κ1) is 20.9. The van der Waals surface area contributed by atoms with Crippen molar-refractivity contribution in [3.63, 3.8) is 0 Å². The van der Waals surface area contributed by atoms with Gasteiger partial charge < -0.3 is 4.74 Å². The van der Waals surface area contributed by atoms with Crippen LogP contribution in [0.4, 0.5) is 13.9 Å². The molecule has 2 aromatic carbocycles. The molecule has 0 radical (unpaired) electrons. The van der Waals surface area contributed by atoms with E-state index < -0.39 is 22.4 Å². The van der Waals surface area contributed by atoms with Crippen molar-refractivity contribution < 1.29 is 26.7 Å². The van der Waals surface area contributed by atoms with E-state index in [1.807, 2.05) is 0 Å². The van der Waals surface area contributed by atoms with Crippen LogP contribution >= 0.6 is 11.3 Å². The summed E-state index contributed by atoms with van der Waals surface area (Å²) in [6, 6.07) is 11.9. The standard InChI is InChI=1S/C19H16F2N2O4S2/c1-11-16(12-7-9-13(10-8-12)27-18(20)21)22-19(28-11)23-17(24)14-5-3-4-6-15(14)29(2,25)26/h3-10,18H,1-2H3,(H,22,23,24). The molecule has 0 fully saturated rings. The van der Waals surface area contributed by atoms with Gasteiger partial charge in [-0.25, -0.2) is 13.4 Å². The van der Waals surface area contributed by atoms with E-state index in [0.717, 1.165) is 11.1 Å². The molecule has 1 N–H and O–H groups in total. The van der Waals surface area contributed by atoms with Crippen molar-refractivity contribution in [1.29, 1.82) is 0 Å². The molecule has 0 saturated heterocycles. The largest absolute Gasteiger partial charge is 0.435 e. The van der Waals surface area contributed by atoms with Gasteiger partial charge in [0.15, 0.2) is 15.0 Å². The Morgan fingerprint density at radius 2 is 1.79 bits per heavy atom. The zero-order chi connectivity index (χ0) is 21.2. The number of carbonyl (C=O) groups is 1. The summed E-state index contributed by atoms with van der Waals surface area (Å²) in [6.07, 6.45) is 1.03. The van der Waals surface area contributed by atoms with Crippen LogP contribution < -0.4 is 10.1 Å². The Balaban J connectivity index is 1.84. The van der Waals surface area contributed by atoms with E-state index in [0.29, 0.717) is 16.4 Å². The minimum atomic E-state index is -3.57. The Kier molecular flexibility index (Phi) is 5.94. The summed E-state index contributed by atoms with van der Waals surface area (Å²) in [5, 5.41) is 2.91. The highest BCUT2D eigenvalue weighted by Crippen LogP contribution is 2.32. The molecule has 0 atom stereocenters. The van der Waals surface area contributed by atoms with Crippen LogP contribution in [0.1, 0.15) is 15.2 Å². The van der Waals surface area contributed by atoms with E-state index in [4.69, 9.17) is 0 Å².